The van der Waals surface area contributed by atoms with Crippen molar-refractivity contribution in [2.75, 3.05) is 12.4 Å². The van der Waals surface area contributed by atoms with Gasteiger partial charge in [-0.2, -0.15) is 0 Å². The standard InChI is InChI=1S/C19H16N4/c1-20-18-12-16(14-8-4-2-5-9-14)21-19-22-17(13-23(18)19)15-10-6-3-7-11-15/h2-13,20H,1H3. The van der Waals surface area contributed by atoms with Crippen LogP contribution in [0.5, 0.6) is 0 Å². The molecule has 1 N–H and O–H groups in total. The van der Waals surface area contributed by atoms with E-state index in [1.807, 2.05) is 60.1 Å². The van der Waals surface area contributed by atoms with Crippen molar-refractivity contribution in [1.29, 1.82) is 0 Å². The lowest BCUT2D eigenvalue weighted by Crippen LogP contribution is -2.00. The molecule has 0 saturated carbocycles. The van der Waals surface area contributed by atoms with E-state index in [2.05, 4.69) is 34.6 Å². The van der Waals surface area contributed by atoms with Gasteiger partial charge in [-0.15, -0.1) is 0 Å². The van der Waals surface area contributed by atoms with Crippen molar-refractivity contribution < 1.29 is 0 Å². The molecule has 0 unspecified atom stereocenters. The Morgan fingerprint density at radius 2 is 1.35 bits per heavy atom. The van der Waals surface area contributed by atoms with E-state index in [0.29, 0.717) is 5.78 Å². The third-order valence-electron chi connectivity index (χ3n) is 3.84. The predicted molar refractivity (Wildman–Crippen MR) is 93.4 cm³/mol. The van der Waals surface area contributed by atoms with Gasteiger partial charge < -0.3 is 5.32 Å². The summed E-state index contributed by atoms with van der Waals surface area (Å²) in [6, 6.07) is 22.3. The molecule has 0 spiro atoms. The Hall–Kier alpha value is -3.14. The molecule has 0 bridgehead atoms. The van der Waals surface area contributed by atoms with Crippen LogP contribution in [0.4, 0.5) is 5.82 Å². The van der Waals surface area contributed by atoms with Crippen LogP contribution in [0.3, 0.4) is 0 Å². The van der Waals surface area contributed by atoms with Gasteiger partial charge in [0.25, 0.3) is 0 Å². The molecule has 4 rings (SSSR count). The van der Waals surface area contributed by atoms with Crippen LogP contribution in [-0.2, 0) is 0 Å². The van der Waals surface area contributed by atoms with Crippen molar-refractivity contribution in [2.24, 2.45) is 0 Å². The Bertz CT molecular complexity index is 943. The first-order valence-corrected chi connectivity index (χ1v) is 7.54. The van der Waals surface area contributed by atoms with E-state index in [4.69, 9.17) is 4.98 Å². The lowest BCUT2D eigenvalue weighted by molar-refractivity contribution is 1.11. The van der Waals surface area contributed by atoms with E-state index >= 15 is 0 Å². The lowest BCUT2D eigenvalue weighted by atomic mass is 10.1. The Balaban J connectivity index is 1.90. The van der Waals surface area contributed by atoms with Gasteiger partial charge in [0.2, 0.25) is 5.78 Å². The summed E-state index contributed by atoms with van der Waals surface area (Å²) in [5.74, 6) is 1.65. The van der Waals surface area contributed by atoms with Crippen LogP contribution in [0.1, 0.15) is 0 Å². The average molecular weight is 300 g/mol. The van der Waals surface area contributed by atoms with E-state index in [1.165, 1.54) is 0 Å². The number of nitrogens with zero attached hydrogens (tertiary/aromatic N) is 3. The lowest BCUT2D eigenvalue weighted by Gasteiger charge is -2.07. The van der Waals surface area contributed by atoms with Crippen molar-refractivity contribution in [3.63, 3.8) is 0 Å². The molecule has 0 atom stereocenters. The molecule has 2 heterocycles. The van der Waals surface area contributed by atoms with Gasteiger partial charge in [0.15, 0.2) is 0 Å². The van der Waals surface area contributed by atoms with Crippen LogP contribution < -0.4 is 5.32 Å². The molecule has 0 amide bonds. The minimum absolute atomic E-state index is 0.689. The first-order chi connectivity index (χ1) is 11.3. The molecular formula is C19H16N4. The molecule has 0 fully saturated rings. The molecule has 4 aromatic rings. The molecule has 0 aliphatic heterocycles. The molecule has 0 aliphatic rings. The van der Waals surface area contributed by atoms with E-state index in [0.717, 1.165) is 28.3 Å². The molecular weight excluding hydrogens is 284 g/mol. The van der Waals surface area contributed by atoms with Crippen molar-refractivity contribution >= 4 is 11.6 Å². The molecule has 2 aromatic heterocycles. The van der Waals surface area contributed by atoms with Crippen molar-refractivity contribution in [3.8, 4) is 22.5 Å². The molecule has 0 radical (unpaired) electrons. The first kappa shape index (κ1) is 13.5. The number of aromatic nitrogens is 3. The molecule has 0 aliphatic carbocycles. The summed E-state index contributed by atoms with van der Waals surface area (Å²) in [4.78, 5) is 9.40. The number of hydrogen-bond donors (Lipinski definition) is 1. The smallest absolute Gasteiger partial charge is 0.236 e. The minimum atomic E-state index is 0.689. The maximum Gasteiger partial charge on any atom is 0.236 e. The highest BCUT2D eigenvalue weighted by molar-refractivity contribution is 5.68. The highest BCUT2D eigenvalue weighted by Crippen LogP contribution is 2.25. The zero-order chi connectivity index (χ0) is 15.6. The van der Waals surface area contributed by atoms with E-state index in [9.17, 15) is 0 Å². The highest BCUT2D eigenvalue weighted by atomic mass is 15.2. The Kier molecular flexibility index (Phi) is 3.27. The SMILES string of the molecule is CNc1cc(-c2ccccc2)nc2nc(-c3ccccc3)cn12. The Morgan fingerprint density at radius 3 is 1.96 bits per heavy atom. The van der Waals surface area contributed by atoms with E-state index in [-0.39, 0.29) is 0 Å². The second kappa shape index (κ2) is 5.57. The number of hydrogen-bond acceptors (Lipinski definition) is 3. The summed E-state index contributed by atoms with van der Waals surface area (Å²) < 4.78 is 1.98. The summed E-state index contributed by atoms with van der Waals surface area (Å²) in [5.41, 5.74) is 3.99. The molecule has 0 saturated heterocycles. The van der Waals surface area contributed by atoms with E-state index < -0.39 is 0 Å². The van der Waals surface area contributed by atoms with Crippen molar-refractivity contribution in [1.82, 2.24) is 14.4 Å². The third-order valence-corrected chi connectivity index (χ3v) is 3.84. The molecule has 112 valence electrons. The summed E-state index contributed by atoms with van der Waals surface area (Å²) in [7, 11) is 1.91. The normalized spacial score (nSPS) is 10.8. The number of nitrogens with one attached hydrogen (secondary N) is 1. The zero-order valence-corrected chi connectivity index (χ0v) is 12.8. The largest absolute Gasteiger partial charge is 0.374 e. The quantitative estimate of drug-likeness (QED) is 0.619. The zero-order valence-electron chi connectivity index (χ0n) is 12.8. The fourth-order valence-corrected chi connectivity index (χ4v) is 2.66. The molecule has 23 heavy (non-hydrogen) atoms. The van der Waals surface area contributed by atoms with Gasteiger partial charge in [0.05, 0.1) is 11.4 Å². The van der Waals surface area contributed by atoms with Crippen LogP contribution in [0.25, 0.3) is 28.3 Å². The van der Waals surface area contributed by atoms with Gasteiger partial charge >= 0.3 is 0 Å². The Morgan fingerprint density at radius 1 is 0.783 bits per heavy atom. The number of fused-ring (bicyclic) bond motifs is 1. The second-order valence-corrected chi connectivity index (χ2v) is 5.30. The van der Waals surface area contributed by atoms with E-state index in [1.54, 1.807) is 0 Å². The average Bonchev–Trinajstić information content (AvgIpc) is 3.06. The number of anilines is 1. The van der Waals surface area contributed by atoms with Gasteiger partial charge in [-0.05, 0) is 0 Å². The highest BCUT2D eigenvalue weighted by Gasteiger charge is 2.10. The van der Waals surface area contributed by atoms with Crippen LogP contribution in [-0.4, -0.2) is 21.4 Å². The fraction of sp³-hybridized carbons (Fsp3) is 0.0526. The Labute approximate surface area is 134 Å². The van der Waals surface area contributed by atoms with Gasteiger partial charge in [0.1, 0.15) is 5.82 Å². The summed E-state index contributed by atoms with van der Waals surface area (Å²) in [6.45, 7) is 0. The summed E-state index contributed by atoms with van der Waals surface area (Å²) in [5, 5.41) is 3.23. The van der Waals surface area contributed by atoms with Crippen molar-refractivity contribution in [3.05, 3.63) is 72.9 Å². The van der Waals surface area contributed by atoms with Gasteiger partial charge in [0, 0.05) is 30.4 Å². The first-order valence-electron chi connectivity index (χ1n) is 7.54. The molecule has 4 heteroatoms. The fourth-order valence-electron chi connectivity index (χ4n) is 2.66. The summed E-state index contributed by atoms with van der Waals surface area (Å²) >= 11 is 0. The second-order valence-electron chi connectivity index (χ2n) is 5.30. The van der Waals surface area contributed by atoms with Crippen LogP contribution in [0, 0.1) is 0 Å². The van der Waals surface area contributed by atoms with Gasteiger partial charge in [-0.3, -0.25) is 4.40 Å². The molecule has 2 aromatic carbocycles. The maximum atomic E-state index is 4.71. The third kappa shape index (κ3) is 2.44. The van der Waals surface area contributed by atoms with Gasteiger partial charge in [-0.1, -0.05) is 60.7 Å². The maximum absolute atomic E-state index is 4.71. The summed E-state index contributed by atoms with van der Waals surface area (Å²) in [6.07, 6.45) is 2.01. The monoisotopic (exact) mass is 300 g/mol. The topological polar surface area (TPSA) is 42.2 Å². The number of rotatable bonds is 3. The molecule has 4 nitrogen and oxygen atoms in total. The van der Waals surface area contributed by atoms with Gasteiger partial charge in [-0.25, -0.2) is 9.97 Å². The van der Waals surface area contributed by atoms with Crippen LogP contribution in [0.15, 0.2) is 72.9 Å². The minimum Gasteiger partial charge on any atom is -0.374 e. The van der Waals surface area contributed by atoms with Crippen molar-refractivity contribution in [2.45, 2.75) is 0 Å². The number of benzene rings is 2. The number of imidazole rings is 1. The van der Waals surface area contributed by atoms with Crippen LogP contribution >= 0.6 is 0 Å². The van der Waals surface area contributed by atoms with Crippen LogP contribution in [0.2, 0.25) is 0 Å². The predicted octanol–water partition coefficient (Wildman–Crippen LogP) is 4.11.